The van der Waals surface area contributed by atoms with E-state index in [0.29, 0.717) is 40.3 Å². The van der Waals surface area contributed by atoms with E-state index < -0.39 is 18.6 Å². The second-order valence-corrected chi connectivity index (χ2v) is 9.54. The van der Waals surface area contributed by atoms with Crippen LogP contribution in [0.15, 0.2) is 49.4 Å². The van der Waals surface area contributed by atoms with Crippen LogP contribution in [-0.4, -0.2) is 78.7 Å². The molecular weight excluding hydrogens is 548 g/mol. The Morgan fingerprint density at radius 2 is 1.98 bits per heavy atom. The van der Waals surface area contributed by atoms with Gasteiger partial charge in [0.2, 0.25) is 5.88 Å². The Hall–Kier alpha value is -4.43. The minimum Gasteiger partial charge on any atom is -0.478 e. The topological polar surface area (TPSA) is 125 Å². The van der Waals surface area contributed by atoms with Crippen molar-refractivity contribution in [2.45, 2.75) is 18.4 Å². The van der Waals surface area contributed by atoms with E-state index in [0.717, 1.165) is 0 Å². The highest BCUT2D eigenvalue weighted by Crippen LogP contribution is 2.41. The van der Waals surface area contributed by atoms with Gasteiger partial charge in [0.1, 0.15) is 30.5 Å². The number of aromatic nitrogens is 7. The van der Waals surface area contributed by atoms with Gasteiger partial charge in [0.25, 0.3) is 11.8 Å². The summed E-state index contributed by atoms with van der Waals surface area (Å²) >= 11 is 6.51. The van der Waals surface area contributed by atoms with E-state index in [1.165, 1.54) is 36.8 Å². The molecule has 1 N–H and O–H groups in total. The lowest BCUT2D eigenvalue weighted by atomic mass is 10.0. The molecule has 12 nitrogen and oxygen atoms in total. The summed E-state index contributed by atoms with van der Waals surface area (Å²) in [5.74, 6) is -2.08. The third-order valence-corrected chi connectivity index (χ3v) is 6.63. The van der Waals surface area contributed by atoms with Gasteiger partial charge in [-0.1, -0.05) is 11.6 Å². The molecule has 1 aliphatic heterocycles. The molecule has 4 aromatic heterocycles. The third-order valence-electron chi connectivity index (χ3n) is 6.34. The van der Waals surface area contributed by atoms with Crippen LogP contribution < -0.4 is 19.5 Å². The number of likely N-dealkylation sites (tertiary alicyclic amines) is 1. The summed E-state index contributed by atoms with van der Waals surface area (Å²) in [6, 6.07) is 6.63. The molecule has 0 radical (unpaired) electrons. The van der Waals surface area contributed by atoms with Crippen LogP contribution in [0.4, 0.5) is 20.3 Å². The van der Waals surface area contributed by atoms with Crippen LogP contribution in [0.3, 0.4) is 0 Å². The maximum Gasteiger partial charge on any atom is 0.296 e. The molecule has 0 bridgehead atoms. The van der Waals surface area contributed by atoms with Gasteiger partial charge in [-0.25, -0.2) is 38.2 Å². The fraction of sp³-hybridized carbons (Fsp3) is 0.280. The Kier molecular flexibility index (Phi) is 6.64. The summed E-state index contributed by atoms with van der Waals surface area (Å²) < 4.78 is 48.4. The molecule has 1 aliphatic rings. The highest BCUT2D eigenvalue weighted by molar-refractivity contribution is 6.32. The second-order valence-electron chi connectivity index (χ2n) is 9.14. The molecule has 40 heavy (non-hydrogen) atoms. The zero-order valence-electron chi connectivity index (χ0n) is 21.3. The van der Waals surface area contributed by atoms with E-state index in [9.17, 15) is 8.78 Å². The quantitative estimate of drug-likeness (QED) is 0.300. The van der Waals surface area contributed by atoms with Gasteiger partial charge in [0.15, 0.2) is 17.5 Å². The number of anilines is 2. The van der Waals surface area contributed by atoms with Gasteiger partial charge in [-0.3, -0.25) is 0 Å². The van der Waals surface area contributed by atoms with Crippen molar-refractivity contribution < 1.29 is 23.0 Å². The first-order valence-electron chi connectivity index (χ1n) is 12.1. The summed E-state index contributed by atoms with van der Waals surface area (Å²) in [6.07, 6.45) is 4.42. The SMILES string of the molecule is COc1ncc2ncnc(Nc3ccc(Oc4cc5ncnn5cn4)c(Cl)c3)c2c1O[C@H]1CCN(C)CC1(F)F. The summed E-state index contributed by atoms with van der Waals surface area (Å²) in [5.41, 5.74) is 1.49. The summed E-state index contributed by atoms with van der Waals surface area (Å²) in [7, 11) is 3.03. The molecule has 0 saturated carbocycles. The maximum absolute atomic E-state index is 14.9. The van der Waals surface area contributed by atoms with Crippen LogP contribution in [-0.2, 0) is 0 Å². The molecule has 0 aliphatic carbocycles. The van der Waals surface area contributed by atoms with E-state index in [4.69, 9.17) is 25.8 Å². The van der Waals surface area contributed by atoms with Crippen LogP contribution in [0.5, 0.6) is 23.3 Å². The van der Waals surface area contributed by atoms with E-state index in [-0.39, 0.29) is 29.0 Å². The molecule has 0 spiro atoms. The lowest BCUT2D eigenvalue weighted by Gasteiger charge is -2.36. The van der Waals surface area contributed by atoms with E-state index in [1.54, 1.807) is 36.2 Å². The van der Waals surface area contributed by atoms with E-state index in [1.807, 2.05) is 0 Å². The number of methoxy groups -OCH3 is 1. The molecule has 0 unspecified atom stereocenters. The number of pyridine rings is 1. The number of hydrogen-bond acceptors (Lipinski definition) is 11. The molecule has 0 amide bonds. The number of nitrogens with zero attached hydrogens (tertiary/aromatic N) is 8. The summed E-state index contributed by atoms with van der Waals surface area (Å²) in [6.45, 7) is 0.0344. The first-order valence-corrected chi connectivity index (χ1v) is 12.5. The van der Waals surface area contributed by atoms with Crippen molar-refractivity contribution in [3.8, 4) is 23.3 Å². The Labute approximate surface area is 230 Å². The zero-order chi connectivity index (χ0) is 27.9. The molecule has 6 rings (SSSR count). The van der Waals surface area contributed by atoms with Crippen molar-refractivity contribution >= 4 is 39.7 Å². The summed E-state index contributed by atoms with van der Waals surface area (Å²) in [5, 5.41) is 7.79. The fourth-order valence-corrected chi connectivity index (χ4v) is 4.63. The number of alkyl halides is 2. The molecule has 1 atom stereocenters. The van der Waals surface area contributed by atoms with Gasteiger partial charge in [-0.05, 0) is 25.2 Å². The normalized spacial score (nSPS) is 17.2. The average molecular weight is 570 g/mol. The van der Waals surface area contributed by atoms with Gasteiger partial charge in [-0.15, -0.1) is 0 Å². The second kappa shape index (κ2) is 10.3. The first kappa shape index (κ1) is 25.8. The van der Waals surface area contributed by atoms with E-state index in [2.05, 4.69) is 35.3 Å². The van der Waals surface area contributed by atoms with Crippen molar-refractivity contribution in [1.82, 2.24) is 39.4 Å². The van der Waals surface area contributed by atoms with Gasteiger partial charge < -0.3 is 24.4 Å². The predicted molar refractivity (Wildman–Crippen MR) is 141 cm³/mol. The minimum atomic E-state index is -3.08. The number of rotatable bonds is 7. The van der Waals surface area contributed by atoms with Crippen molar-refractivity contribution in [2.24, 2.45) is 0 Å². The number of halogens is 3. The van der Waals surface area contributed by atoms with Gasteiger partial charge in [0, 0.05) is 24.7 Å². The zero-order valence-corrected chi connectivity index (χ0v) is 22.0. The predicted octanol–water partition coefficient (Wildman–Crippen LogP) is 4.38. The smallest absolute Gasteiger partial charge is 0.296 e. The number of benzene rings is 1. The van der Waals surface area contributed by atoms with E-state index >= 15 is 0 Å². The van der Waals surface area contributed by atoms with Gasteiger partial charge in [-0.2, -0.15) is 5.10 Å². The highest BCUT2D eigenvalue weighted by atomic mass is 35.5. The standard InChI is InChI=1S/C25H22ClF2N9O3/c1-36-6-5-18(25(27,28)10-36)40-22-21-16(9-29-24(22)38-2)30-11-32-23(21)35-14-3-4-17(15(26)7-14)39-20-8-19-31-12-34-37(19)13-33-20/h3-4,7-9,11-13,18H,5-6,10H2,1-2H3,(H,30,32,35)/t18-/m0/s1. The summed E-state index contributed by atoms with van der Waals surface area (Å²) in [4.78, 5) is 22.7. The average Bonchev–Trinajstić information content (AvgIpc) is 3.39. The Morgan fingerprint density at radius 1 is 1.10 bits per heavy atom. The Bertz CT molecular complexity index is 1700. The molecule has 5 aromatic rings. The van der Waals surface area contributed by atoms with Crippen LogP contribution in [0.25, 0.3) is 16.6 Å². The van der Waals surface area contributed by atoms with Crippen molar-refractivity contribution in [1.29, 1.82) is 0 Å². The number of hydrogen-bond donors (Lipinski definition) is 1. The third kappa shape index (κ3) is 4.98. The fourth-order valence-electron chi connectivity index (χ4n) is 4.41. The number of nitrogens with one attached hydrogen (secondary N) is 1. The Morgan fingerprint density at radius 3 is 2.77 bits per heavy atom. The molecule has 1 aromatic carbocycles. The maximum atomic E-state index is 14.9. The van der Waals surface area contributed by atoms with Crippen molar-refractivity contribution in [3.05, 3.63) is 54.5 Å². The van der Waals surface area contributed by atoms with Gasteiger partial charge in [0.05, 0.1) is 35.8 Å². The van der Waals surface area contributed by atoms with Crippen LogP contribution in [0, 0.1) is 0 Å². The molecule has 206 valence electrons. The van der Waals surface area contributed by atoms with Crippen LogP contribution in [0.1, 0.15) is 6.42 Å². The number of piperidine rings is 1. The molecule has 15 heteroatoms. The number of ether oxygens (including phenoxy) is 3. The van der Waals surface area contributed by atoms with Crippen LogP contribution in [0.2, 0.25) is 5.02 Å². The van der Waals surface area contributed by atoms with Gasteiger partial charge >= 0.3 is 0 Å². The van der Waals surface area contributed by atoms with Crippen LogP contribution >= 0.6 is 11.6 Å². The highest BCUT2D eigenvalue weighted by Gasteiger charge is 2.46. The molecular formula is C25H22ClF2N9O3. The molecule has 1 saturated heterocycles. The first-order chi connectivity index (χ1) is 19.3. The number of fused-ring (bicyclic) bond motifs is 2. The molecule has 1 fully saturated rings. The van der Waals surface area contributed by atoms with Crippen molar-refractivity contribution in [3.63, 3.8) is 0 Å². The monoisotopic (exact) mass is 569 g/mol. The largest absolute Gasteiger partial charge is 0.478 e. The Balaban J connectivity index is 1.31. The lowest BCUT2D eigenvalue weighted by Crippen LogP contribution is -2.52. The minimum absolute atomic E-state index is 0.0262. The molecule has 5 heterocycles. The lowest BCUT2D eigenvalue weighted by molar-refractivity contribution is -0.135. The van der Waals surface area contributed by atoms with Crippen molar-refractivity contribution in [2.75, 3.05) is 32.6 Å².